The van der Waals surface area contributed by atoms with Crippen molar-refractivity contribution in [3.63, 3.8) is 0 Å². The number of nitrogens with zero attached hydrogens (tertiary/aromatic N) is 1. The number of nitrogens with two attached hydrogens (primary N) is 2. The number of carbonyl (C=O) groups excluding carboxylic acids is 1. The fourth-order valence-corrected chi connectivity index (χ4v) is 2.61. The molecule has 5 N–H and O–H groups in total. The zero-order valence-electron chi connectivity index (χ0n) is 11.4. The molecule has 1 aromatic rings. The number of primary amides is 1. The molecule has 0 radical (unpaired) electrons. The second kappa shape index (κ2) is 5.93. The van der Waals surface area contributed by atoms with E-state index in [-0.39, 0.29) is 0 Å². The van der Waals surface area contributed by atoms with E-state index in [1.165, 1.54) is 19.4 Å². The molecule has 0 aliphatic carbocycles. The molecule has 104 valence electrons. The zero-order valence-corrected chi connectivity index (χ0v) is 11.4. The molecule has 19 heavy (non-hydrogen) atoms. The molecule has 0 aromatic heterocycles. The van der Waals surface area contributed by atoms with E-state index in [0.29, 0.717) is 17.2 Å². The van der Waals surface area contributed by atoms with Crippen molar-refractivity contribution in [2.24, 2.45) is 11.7 Å². The largest absolute Gasteiger partial charge is 0.399 e. The van der Waals surface area contributed by atoms with Crippen LogP contribution in [0.2, 0.25) is 0 Å². The molecule has 0 bridgehead atoms. The van der Waals surface area contributed by atoms with Gasteiger partial charge in [-0.15, -0.1) is 0 Å². The molecule has 1 aliphatic rings. The number of hydrogen-bond acceptors (Lipinski definition) is 4. The Morgan fingerprint density at radius 1 is 1.53 bits per heavy atom. The maximum Gasteiger partial charge on any atom is 0.250 e. The van der Waals surface area contributed by atoms with Gasteiger partial charge in [-0.1, -0.05) is 0 Å². The Balaban J connectivity index is 2.01. The van der Waals surface area contributed by atoms with Crippen LogP contribution in [0.4, 0.5) is 11.4 Å². The fraction of sp³-hybridized carbons (Fsp3) is 0.500. The van der Waals surface area contributed by atoms with Gasteiger partial charge < -0.3 is 21.7 Å². The first kappa shape index (κ1) is 13.7. The summed E-state index contributed by atoms with van der Waals surface area (Å²) in [4.78, 5) is 13.7. The highest BCUT2D eigenvalue weighted by atomic mass is 16.1. The lowest BCUT2D eigenvalue weighted by Gasteiger charge is -2.30. The Bertz CT molecular complexity index is 461. The number of nitrogen functional groups attached to an aromatic ring is 1. The normalized spacial score (nSPS) is 20.2. The number of carbonyl (C=O) groups is 1. The highest BCUT2D eigenvalue weighted by Crippen LogP contribution is 2.21. The molecule has 1 aliphatic heterocycles. The Morgan fingerprint density at radius 2 is 2.32 bits per heavy atom. The van der Waals surface area contributed by atoms with E-state index in [4.69, 9.17) is 11.5 Å². The molecule has 1 saturated heterocycles. The van der Waals surface area contributed by atoms with Crippen LogP contribution in [0, 0.1) is 5.92 Å². The van der Waals surface area contributed by atoms with Crippen molar-refractivity contribution >= 4 is 17.3 Å². The summed E-state index contributed by atoms with van der Waals surface area (Å²) in [7, 11) is 2.14. The third-order valence-electron chi connectivity index (χ3n) is 3.61. The van der Waals surface area contributed by atoms with Gasteiger partial charge in [-0.25, -0.2) is 0 Å². The maximum atomic E-state index is 11.4. The minimum absolute atomic E-state index is 0.449. The minimum Gasteiger partial charge on any atom is -0.399 e. The quantitative estimate of drug-likeness (QED) is 0.710. The lowest BCUT2D eigenvalue weighted by molar-refractivity contribution is 0.100. The monoisotopic (exact) mass is 262 g/mol. The second-order valence-electron chi connectivity index (χ2n) is 5.32. The molecule has 1 fully saturated rings. The van der Waals surface area contributed by atoms with Crippen molar-refractivity contribution in [1.82, 2.24) is 4.90 Å². The number of piperidine rings is 1. The Hall–Kier alpha value is -1.75. The van der Waals surface area contributed by atoms with Crippen molar-refractivity contribution in [3.8, 4) is 0 Å². The first-order valence-electron chi connectivity index (χ1n) is 6.68. The van der Waals surface area contributed by atoms with Gasteiger partial charge >= 0.3 is 0 Å². The van der Waals surface area contributed by atoms with Crippen LogP contribution in [0.3, 0.4) is 0 Å². The molecule has 1 aromatic carbocycles. The lowest BCUT2D eigenvalue weighted by atomic mass is 9.98. The number of amides is 1. The summed E-state index contributed by atoms with van der Waals surface area (Å²) in [5.41, 5.74) is 12.8. The van der Waals surface area contributed by atoms with E-state index >= 15 is 0 Å². The molecular formula is C14H22N4O. The van der Waals surface area contributed by atoms with Gasteiger partial charge in [0.15, 0.2) is 0 Å². The van der Waals surface area contributed by atoms with Gasteiger partial charge in [0.2, 0.25) is 0 Å². The third kappa shape index (κ3) is 3.61. The standard InChI is InChI=1S/C14H22N4O/c1-18-6-2-3-10(9-18)8-17-13-5-4-11(15)7-12(13)14(16)19/h4-5,7,10,17H,2-3,6,8-9,15H2,1H3,(H2,16,19). The number of hydrogen-bond donors (Lipinski definition) is 3. The summed E-state index contributed by atoms with van der Waals surface area (Å²) in [5, 5.41) is 3.33. The Morgan fingerprint density at radius 3 is 3.00 bits per heavy atom. The van der Waals surface area contributed by atoms with Gasteiger partial charge in [0.1, 0.15) is 0 Å². The summed E-state index contributed by atoms with van der Waals surface area (Å²) in [6, 6.07) is 5.22. The van der Waals surface area contributed by atoms with Crippen LogP contribution in [-0.2, 0) is 0 Å². The van der Waals surface area contributed by atoms with Crippen LogP contribution in [0.1, 0.15) is 23.2 Å². The van der Waals surface area contributed by atoms with Gasteiger partial charge in [0, 0.05) is 24.5 Å². The van der Waals surface area contributed by atoms with Crippen molar-refractivity contribution in [2.45, 2.75) is 12.8 Å². The van der Waals surface area contributed by atoms with Gasteiger partial charge in [-0.3, -0.25) is 4.79 Å². The van der Waals surface area contributed by atoms with Gasteiger partial charge in [0.25, 0.3) is 5.91 Å². The molecule has 2 rings (SSSR count). The zero-order chi connectivity index (χ0) is 13.8. The number of likely N-dealkylation sites (tertiary alicyclic amines) is 1. The Kier molecular flexibility index (Phi) is 4.27. The topological polar surface area (TPSA) is 84.4 Å². The van der Waals surface area contributed by atoms with E-state index in [1.54, 1.807) is 12.1 Å². The molecule has 0 spiro atoms. The van der Waals surface area contributed by atoms with E-state index in [0.717, 1.165) is 18.8 Å². The van der Waals surface area contributed by atoms with Crippen molar-refractivity contribution in [3.05, 3.63) is 23.8 Å². The van der Waals surface area contributed by atoms with Gasteiger partial charge in [-0.05, 0) is 50.6 Å². The smallest absolute Gasteiger partial charge is 0.250 e. The summed E-state index contributed by atoms with van der Waals surface area (Å²) in [5.74, 6) is 0.160. The van der Waals surface area contributed by atoms with E-state index in [2.05, 4.69) is 17.3 Å². The first-order valence-corrected chi connectivity index (χ1v) is 6.68. The Labute approximate surface area is 113 Å². The summed E-state index contributed by atoms with van der Waals surface area (Å²) >= 11 is 0. The van der Waals surface area contributed by atoms with Crippen molar-refractivity contribution in [2.75, 3.05) is 37.7 Å². The SMILES string of the molecule is CN1CCCC(CNc2ccc(N)cc2C(N)=O)C1. The summed E-state index contributed by atoms with van der Waals surface area (Å²) in [6.45, 7) is 3.12. The number of nitrogens with one attached hydrogen (secondary N) is 1. The van der Waals surface area contributed by atoms with Crippen LogP contribution in [0.25, 0.3) is 0 Å². The summed E-state index contributed by atoms with van der Waals surface area (Å²) < 4.78 is 0. The van der Waals surface area contributed by atoms with Crippen LogP contribution < -0.4 is 16.8 Å². The van der Waals surface area contributed by atoms with Crippen LogP contribution in [0.15, 0.2) is 18.2 Å². The van der Waals surface area contributed by atoms with Gasteiger partial charge in [-0.2, -0.15) is 0 Å². The average Bonchev–Trinajstić information content (AvgIpc) is 2.37. The third-order valence-corrected chi connectivity index (χ3v) is 3.61. The van der Waals surface area contributed by atoms with Crippen molar-refractivity contribution in [1.29, 1.82) is 0 Å². The molecule has 5 nitrogen and oxygen atoms in total. The van der Waals surface area contributed by atoms with Crippen molar-refractivity contribution < 1.29 is 4.79 Å². The first-order chi connectivity index (χ1) is 9.06. The molecule has 0 saturated carbocycles. The molecular weight excluding hydrogens is 240 g/mol. The molecule has 1 atom stereocenters. The van der Waals surface area contributed by atoms with Crippen LogP contribution in [0.5, 0.6) is 0 Å². The highest BCUT2D eigenvalue weighted by molar-refractivity contribution is 5.99. The predicted molar refractivity (Wildman–Crippen MR) is 78.1 cm³/mol. The van der Waals surface area contributed by atoms with E-state index in [9.17, 15) is 4.79 Å². The maximum absolute atomic E-state index is 11.4. The lowest BCUT2D eigenvalue weighted by Crippen LogP contribution is -2.35. The number of rotatable bonds is 4. The molecule has 1 amide bonds. The fourth-order valence-electron chi connectivity index (χ4n) is 2.61. The van der Waals surface area contributed by atoms with E-state index < -0.39 is 5.91 Å². The van der Waals surface area contributed by atoms with Gasteiger partial charge in [0.05, 0.1) is 5.56 Å². The minimum atomic E-state index is -0.449. The van der Waals surface area contributed by atoms with Crippen LogP contribution >= 0.6 is 0 Å². The number of benzene rings is 1. The molecule has 5 heteroatoms. The molecule has 1 heterocycles. The predicted octanol–water partition coefficient (Wildman–Crippen LogP) is 1.12. The van der Waals surface area contributed by atoms with Crippen LogP contribution in [-0.4, -0.2) is 37.5 Å². The van der Waals surface area contributed by atoms with E-state index in [1.807, 2.05) is 6.07 Å². The summed E-state index contributed by atoms with van der Waals surface area (Å²) in [6.07, 6.45) is 2.45. The molecule has 1 unspecified atom stereocenters. The highest BCUT2D eigenvalue weighted by Gasteiger charge is 2.17. The number of anilines is 2. The second-order valence-corrected chi connectivity index (χ2v) is 5.32. The average molecular weight is 262 g/mol.